The second kappa shape index (κ2) is 10.8. The number of benzene rings is 1. The van der Waals surface area contributed by atoms with Gasteiger partial charge in [-0.2, -0.15) is 10.1 Å². The molecule has 10 nitrogen and oxygen atoms in total. The van der Waals surface area contributed by atoms with E-state index in [-0.39, 0.29) is 17.5 Å². The van der Waals surface area contributed by atoms with E-state index in [1.165, 1.54) is 18.5 Å². The fourth-order valence-corrected chi connectivity index (χ4v) is 4.50. The molecular formula is C27H31FN6O4. The standard InChI is InChI=1S/C27H31FN6O4/c1-17-13-21(19(3)37-17)26(35)31-20-5-6-23(22(28)14-20)38-27-25-18(2)24(15-34(25)30-16-29-27)36-12-11-33-9-7-32(4)8-10-33/h5-6,13-16H,7-12H2,1-4H3,(H,31,35). The number of aryl methyl sites for hydroxylation is 3. The van der Waals surface area contributed by atoms with Crippen molar-refractivity contribution in [1.82, 2.24) is 24.4 Å². The lowest BCUT2D eigenvalue weighted by Crippen LogP contribution is -2.45. The van der Waals surface area contributed by atoms with Gasteiger partial charge in [-0.15, -0.1) is 0 Å². The number of furan rings is 1. The summed E-state index contributed by atoms with van der Waals surface area (Å²) in [5.74, 6) is 0.944. The first-order chi connectivity index (χ1) is 18.3. The number of rotatable bonds is 8. The van der Waals surface area contributed by atoms with Crippen LogP contribution in [0.5, 0.6) is 17.4 Å². The number of amides is 1. The van der Waals surface area contributed by atoms with Gasteiger partial charge in [0.15, 0.2) is 11.6 Å². The first-order valence-corrected chi connectivity index (χ1v) is 12.5. The van der Waals surface area contributed by atoms with Crippen molar-refractivity contribution in [2.45, 2.75) is 20.8 Å². The average Bonchev–Trinajstić information content (AvgIpc) is 3.40. The van der Waals surface area contributed by atoms with Crippen LogP contribution in [-0.4, -0.2) is 76.7 Å². The molecule has 5 rings (SSSR count). The summed E-state index contributed by atoms with van der Waals surface area (Å²) in [6, 6.07) is 5.85. The van der Waals surface area contributed by atoms with E-state index in [9.17, 15) is 9.18 Å². The number of likely N-dealkylation sites (N-methyl/N-ethyl adjacent to an activating group) is 1. The molecule has 38 heavy (non-hydrogen) atoms. The van der Waals surface area contributed by atoms with Crippen molar-refractivity contribution in [3.8, 4) is 17.4 Å². The minimum atomic E-state index is -0.646. The van der Waals surface area contributed by atoms with E-state index in [2.05, 4.69) is 32.2 Å². The third kappa shape index (κ3) is 5.48. The smallest absolute Gasteiger partial charge is 0.259 e. The van der Waals surface area contributed by atoms with Gasteiger partial charge in [-0.1, -0.05) is 0 Å². The summed E-state index contributed by atoms with van der Waals surface area (Å²) in [6.07, 6.45) is 3.12. The Morgan fingerprint density at radius 2 is 1.92 bits per heavy atom. The van der Waals surface area contributed by atoms with Crippen molar-refractivity contribution in [2.24, 2.45) is 0 Å². The lowest BCUT2D eigenvalue weighted by Gasteiger charge is -2.32. The number of carbonyl (C=O) groups is 1. The van der Waals surface area contributed by atoms with Gasteiger partial charge < -0.3 is 24.1 Å². The van der Waals surface area contributed by atoms with Gasteiger partial charge in [0.05, 0.1) is 11.8 Å². The third-order valence-corrected chi connectivity index (χ3v) is 6.69. The van der Waals surface area contributed by atoms with Gasteiger partial charge in [0, 0.05) is 50.0 Å². The quantitative estimate of drug-likeness (QED) is 0.370. The van der Waals surface area contributed by atoms with Gasteiger partial charge in [0.1, 0.15) is 35.7 Å². The largest absolute Gasteiger partial charge is 0.490 e. The highest BCUT2D eigenvalue weighted by atomic mass is 19.1. The average molecular weight is 523 g/mol. The monoisotopic (exact) mass is 522 g/mol. The number of nitrogens with zero attached hydrogens (tertiary/aromatic N) is 5. The summed E-state index contributed by atoms with van der Waals surface area (Å²) in [5.41, 5.74) is 2.08. The van der Waals surface area contributed by atoms with E-state index < -0.39 is 5.82 Å². The van der Waals surface area contributed by atoms with Gasteiger partial charge in [0.25, 0.3) is 5.91 Å². The molecule has 1 fully saturated rings. The lowest BCUT2D eigenvalue weighted by atomic mass is 10.2. The molecule has 4 heterocycles. The summed E-state index contributed by atoms with van der Waals surface area (Å²) in [5, 5.41) is 6.94. The number of carbonyl (C=O) groups excluding carboxylic acids is 1. The van der Waals surface area contributed by atoms with E-state index in [1.807, 2.05) is 6.92 Å². The van der Waals surface area contributed by atoms with Gasteiger partial charge >= 0.3 is 0 Å². The number of ether oxygens (including phenoxy) is 2. The highest BCUT2D eigenvalue weighted by molar-refractivity contribution is 6.05. The zero-order valence-corrected chi connectivity index (χ0v) is 22.0. The van der Waals surface area contributed by atoms with Gasteiger partial charge in [0.2, 0.25) is 5.88 Å². The third-order valence-electron chi connectivity index (χ3n) is 6.69. The molecule has 0 saturated carbocycles. The van der Waals surface area contributed by atoms with Crippen LogP contribution in [0.25, 0.3) is 5.52 Å². The zero-order valence-electron chi connectivity index (χ0n) is 22.0. The topological polar surface area (TPSA) is 97.4 Å². The van der Waals surface area contributed by atoms with Crippen LogP contribution < -0.4 is 14.8 Å². The van der Waals surface area contributed by atoms with Crippen LogP contribution in [-0.2, 0) is 0 Å². The Hall–Kier alpha value is -3.96. The molecule has 0 bridgehead atoms. The second-order valence-electron chi connectivity index (χ2n) is 9.50. The summed E-state index contributed by atoms with van der Waals surface area (Å²) in [7, 11) is 2.13. The van der Waals surface area contributed by atoms with Crippen LogP contribution in [0.15, 0.2) is 41.2 Å². The van der Waals surface area contributed by atoms with Crippen molar-refractivity contribution in [3.63, 3.8) is 0 Å². The van der Waals surface area contributed by atoms with Gasteiger partial charge in [-0.25, -0.2) is 8.91 Å². The Balaban J connectivity index is 1.27. The maximum absolute atomic E-state index is 15.0. The molecule has 1 amide bonds. The molecule has 200 valence electrons. The van der Waals surface area contributed by atoms with Crippen LogP contribution in [0, 0.1) is 26.6 Å². The Labute approximate surface area is 219 Å². The van der Waals surface area contributed by atoms with Crippen molar-refractivity contribution >= 4 is 17.1 Å². The molecule has 4 aromatic rings. The number of piperazine rings is 1. The maximum Gasteiger partial charge on any atom is 0.259 e. The summed E-state index contributed by atoms with van der Waals surface area (Å²) >= 11 is 0. The number of hydrogen-bond acceptors (Lipinski definition) is 8. The molecule has 1 aromatic carbocycles. The first-order valence-electron chi connectivity index (χ1n) is 12.5. The SMILES string of the molecule is Cc1cc(C(=O)Nc2ccc(Oc3ncnn4cc(OCCN5CCN(C)CC5)c(C)c34)c(F)c2)c(C)o1. The van der Waals surface area contributed by atoms with E-state index in [1.54, 1.807) is 36.7 Å². The number of anilines is 1. The number of hydrogen-bond donors (Lipinski definition) is 1. The zero-order chi connectivity index (χ0) is 26.8. The summed E-state index contributed by atoms with van der Waals surface area (Å²) < 4.78 is 33.9. The highest BCUT2D eigenvalue weighted by Gasteiger charge is 2.19. The molecule has 0 aliphatic carbocycles. The molecular weight excluding hydrogens is 491 g/mol. The highest BCUT2D eigenvalue weighted by Crippen LogP contribution is 2.33. The minimum Gasteiger partial charge on any atom is -0.490 e. The predicted molar refractivity (Wildman–Crippen MR) is 140 cm³/mol. The van der Waals surface area contributed by atoms with Gasteiger partial charge in [-0.3, -0.25) is 9.69 Å². The number of aromatic nitrogens is 3. The Bertz CT molecular complexity index is 1460. The molecule has 11 heteroatoms. The van der Waals surface area contributed by atoms with Crippen molar-refractivity contribution in [2.75, 3.05) is 51.7 Å². The first kappa shape index (κ1) is 25.7. The van der Waals surface area contributed by atoms with Crippen LogP contribution in [0.3, 0.4) is 0 Å². The number of halogens is 1. The Morgan fingerprint density at radius 3 is 2.63 bits per heavy atom. The number of nitrogens with one attached hydrogen (secondary N) is 1. The minimum absolute atomic E-state index is 0.0305. The van der Waals surface area contributed by atoms with Crippen LogP contribution in [0.2, 0.25) is 0 Å². The van der Waals surface area contributed by atoms with E-state index in [4.69, 9.17) is 13.9 Å². The Kier molecular flexibility index (Phi) is 7.30. The van der Waals surface area contributed by atoms with E-state index in [0.717, 1.165) is 38.3 Å². The molecule has 3 aromatic heterocycles. The molecule has 1 saturated heterocycles. The predicted octanol–water partition coefficient (Wildman–Crippen LogP) is 4.06. The van der Waals surface area contributed by atoms with Crippen LogP contribution >= 0.6 is 0 Å². The summed E-state index contributed by atoms with van der Waals surface area (Å²) in [4.78, 5) is 21.5. The molecule has 1 aliphatic rings. The molecule has 0 spiro atoms. The van der Waals surface area contributed by atoms with Crippen LogP contribution in [0.1, 0.15) is 27.4 Å². The van der Waals surface area contributed by atoms with Crippen molar-refractivity contribution in [3.05, 3.63) is 65.3 Å². The fraction of sp³-hybridized carbons (Fsp3) is 0.370. The normalized spacial score (nSPS) is 14.7. The molecule has 0 unspecified atom stereocenters. The van der Waals surface area contributed by atoms with Crippen LogP contribution in [0.4, 0.5) is 10.1 Å². The molecule has 1 aliphatic heterocycles. The van der Waals surface area contributed by atoms with E-state index in [0.29, 0.717) is 40.6 Å². The molecule has 0 atom stereocenters. The Morgan fingerprint density at radius 1 is 1.13 bits per heavy atom. The van der Waals surface area contributed by atoms with E-state index >= 15 is 0 Å². The molecule has 1 N–H and O–H groups in total. The lowest BCUT2D eigenvalue weighted by molar-refractivity contribution is 0.102. The number of fused-ring (bicyclic) bond motifs is 1. The second-order valence-corrected chi connectivity index (χ2v) is 9.50. The summed E-state index contributed by atoms with van der Waals surface area (Å²) in [6.45, 7) is 10.9. The maximum atomic E-state index is 15.0. The fourth-order valence-electron chi connectivity index (χ4n) is 4.50. The molecule has 0 radical (unpaired) electrons. The van der Waals surface area contributed by atoms with Gasteiger partial charge in [-0.05, 0) is 46.0 Å². The van der Waals surface area contributed by atoms with Crippen molar-refractivity contribution in [1.29, 1.82) is 0 Å². The van der Waals surface area contributed by atoms with Crippen molar-refractivity contribution < 1.29 is 23.1 Å².